The number of benzene rings is 1. The Labute approximate surface area is 106 Å². The quantitative estimate of drug-likeness (QED) is 0.837. The molecular weight excluding hydrogens is 261 g/mol. The van der Waals surface area contributed by atoms with Crippen LogP contribution in [0.1, 0.15) is 18.9 Å². The first-order valence-electron chi connectivity index (χ1n) is 5.43. The van der Waals surface area contributed by atoms with Gasteiger partial charge in [0.1, 0.15) is 0 Å². The van der Waals surface area contributed by atoms with Crippen LogP contribution < -0.4 is 10.6 Å². The van der Waals surface area contributed by atoms with E-state index in [2.05, 4.69) is 20.8 Å². The summed E-state index contributed by atoms with van der Waals surface area (Å²) in [6.45, 7) is 1.80. The second kappa shape index (κ2) is 5.27. The van der Waals surface area contributed by atoms with Crippen molar-refractivity contribution < 1.29 is 17.6 Å². The molecule has 0 bridgehead atoms. The molecule has 1 aromatic heterocycles. The maximum Gasteiger partial charge on any atom is 0.320 e. The molecule has 0 aliphatic heterocycles. The fourth-order valence-corrected chi connectivity index (χ4v) is 1.33. The van der Waals surface area contributed by atoms with Gasteiger partial charge in [0.25, 0.3) is 0 Å². The van der Waals surface area contributed by atoms with Crippen molar-refractivity contribution in [2.45, 2.75) is 13.0 Å². The van der Waals surface area contributed by atoms with Crippen LogP contribution in [0, 0.1) is 17.5 Å². The summed E-state index contributed by atoms with van der Waals surface area (Å²) in [6.07, 6.45) is 0. The zero-order chi connectivity index (χ0) is 14.0. The highest BCUT2D eigenvalue weighted by Crippen LogP contribution is 2.21. The Hall–Kier alpha value is -2.09. The number of anilines is 2. The van der Waals surface area contributed by atoms with Gasteiger partial charge in [0, 0.05) is 17.8 Å². The molecule has 0 spiro atoms. The maximum atomic E-state index is 13.0. The van der Waals surface area contributed by atoms with Crippen molar-refractivity contribution in [2.75, 3.05) is 12.4 Å². The Morgan fingerprint density at radius 2 is 1.79 bits per heavy atom. The van der Waals surface area contributed by atoms with Crippen LogP contribution in [0.15, 0.2) is 16.5 Å². The van der Waals surface area contributed by atoms with Gasteiger partial charge in [-0.05, 0) is 14.0 Å². The number of hydrogen-bond acceptors (Lipinski definition) is 5. The molecule has 0 saturated heterocycles. The van der Waals surface area contributed by atoms with Crippen LogP contribution in [-0.4, -0.2) is 17.2 Å². The van der Waals surface area contributed by atoms with Gasteiger partial charge < -0.3 is 15.1 Å². The first-order chi connectivity index (χ1) is 9.01. The maximum absolute atomic E-state index is 13.0. The minimum absolute atomic E-state index is 0.0243. The Morgan fingerprint density at radius 3 is 2.37 bits per heavy atom. The standard InChI is InChI=1S/C11H11F3N4O/c1-5(15-2)10-17-18-11(19-10)16-6-3-7(12)9(14)8(13)4-6/h3-5,15H,1-2H3,(H,16,18). The van der Waals surface area contributed by atoms with E-state index in [4.69, 9.17) is 4.42 Å². The number of hydrogen-bond donors (Lipinski definition) is 2. The zero-order valence-corrected chi connectivity index (χ0v) is 10.2. The van der Waals surface area contributed by atoms with Gasteiger partial charge in [-0.2, -0.15) is 0 Å². The van der Waals surface area contributed by atoms with Gasteiger partial charge in [-0.1, -0.05) is 5.10 Å². The summed E-state index contributed by atoms with van der Waals surface area (Å²) in [6, 6.07) is 1.39. The molecule has 5 nitrogen and oxygen atoms in total. The monoisotopic (exact) mass is 272 g/mol. The van der Waals surface area contributed by atoms with Crippen LogP contribution in [0.2, 0.25) is 0 Å². The van der Waals surface area contributed by atoms with E-state index in [0.29, 0.717) is 5.89 Å². The number of aromatic nitrogens is 2. The van der Waals surface area contributed by atoms with E-state index >= 15 is 0 Å². The summed E-state index contributed by atoms with van der Waals surface area (Å²) in [5.41, 5.74) is -0.0243. The molecule has 2 N–H and O–H groups in total. The lowest BCUT2D eigenvalue weighted by molar-refractivity contribution is 0.441. The zero-order valence-electron chi connectivity index (χ0n) is 10.2. The predicted octanol–water partition coefficient (Wildman–Crippen LogP) is 2.51. The highest BCUT2D eigenvalue weighted by Gasteiger charge is 2.14. The van der Waals surface area contributed by atoms with Crippen LogP contribution in [0.5, 0.6) is 0 Å². The van der Waals surface area contributed by atoms with Gasteiger partial charge in [0.2, 0.25) is 5.89 Å². The van der Waals surface area contributed by atoms with E-state index in [-0.39, 0.29) is 17.7 Å². The average molecular weight is 272 g/mol. The molecule has 1 heterocycles. The van der Waals surface area contributed by atoms with Crippen LogP contribution in [0.4, 0.5) is 24.9 Å². The fourth-order valence-electron chi connectivity index (χ4n) is 1.33. The van der Waals surface area contributed by atoms with E-state index in [9.17, 15) is 13.2 Å². The molecule has 8 heteroatoms. The molecule has 1 aromatic carbocycles. The average Bonchev–Trinajstić information content (AvgIpc) is 2.83. The van der Waals surface area contributed by atoms with Crippen molar-refractivity contribution in [3.63, 3.8) is 0 Å². The summed E-state index contributed by atoms with van der Waals surface area (Å²) in [5.74, 6) is -3.81. The summed E-state index contributed by atoms with van der Waals surface area (Å²) < 4.78 is 44.0. The molecular formula is C11H11F3N4O. The second-order valence-electron chi connectivity index (χ2n) is 3.83. The van der Waals surface area contributed by atoms with E-state index in [1.54, 1.807) is 14.0 Å². The number of halogens is 3. The van der Waals surface area contributed by atoms with Crippen LogP contribution in [-0.2, 0) is 0 Å². The summed E-state index contributed by atoms with van der Waals surface area (Å²) >= 11 is 0. The second-order valence-corrected chi connectivity index (χ2v) is 3.83. The van der Waals surface area contributed by atoms with E-state index < -0.39 is 17.5 Å². The normalized spacial score (nSPS) is 12.5. The predicted molar refractivity (Wildman–Crippen MR) is 61.4 cm³/mol. The van der Waals surface area contributed by atoms with E-state index in [1.165, 1.54) is 0 Å². The van der Waals surface area contributed by atoms with Gasteiger partial charge in [0.15, 0.2) is 17.5 Å². The Morgan fingerprint density at radius 1 is 1.16 bits per heavy atom. The molecule has 19 heavy (non-hydrogen) atoms. The number of nitrogens with zero attached hydrogens (tertiary/aromatic N) is 2. The first-order valence-corrected chi connectivity index (χ1v) is 5.43. The summed E-state index contributed by atoms with van der Waals surface area (Å²) in [5, 5.41) is 12.8. The molecule has 0 aliphatic rings. The highest BCUT2D eigenvalue weighted by molar-refractivity contribution is 5.52. The smallest absolute Gasteiger partial charge is 0.320 e. The molecule has 0 radical (unpaired) electrons. The Balaban J connectivity index is 2.19. The molecule has 1 atom stereocenters. The van der Waals surface area contributed by atoms with Gasteiger partial charge in [-0.15, -0.1) is 5.10 Å². The van der Waals surface area contributed by atoms with Crippen molar-refractivity contribution >= 4 is 11.7 Å². The first kappa shape index (κ1) is 13.3. The van der Waals surface area contributed by atoms with Gasteiger partial charge in [-0.25, -0.2) is 13.2 Å². The Kier molecular flexibility index (Phi) is 3.70. The van der Waals surface area contributed by atoms with Crippen molar-refractivity contribution in [2.24, 2.45) is 0 Å². The fraction of sp³-hybridized carbons (Fsp3) is 0.273. The topological polar surface area (TPSA) is 63.0 Å². The molecule has 2 rings (SSSR count). The lowest BCUT2D eigenvalue weighted by Gasteiger charge is -2.04. The van der Waals surface area contributed by atoms with Gasteiger partial charge >= 0.3 is 6.01 Å². The molecule has 0 amide bonds. The molecule has 2 aromatic rings. The molecule has 1 unspecified atom stereocenters. The van der Waals surface area contributed by atoms with E-state index in [1.807, 2.05) is 0 Å². The number of nitrogens with one attached hydrogen (secondary N) is 2. The third kappa shape index (κ3) is 2.84. The van der Waals surface area contributed by atoms with Crippen molar-refractivity contribution in [1.82, 2.24) is 15.5 Å². The van der Waals surface area contributed by atoms with Crippen molar-refractivity contribution in [1.29, 1.82) is 0 Å². The number of rotatable bonds is 4. The third-order valence-corrected chi connectivity index (χ3v) is 2.48. The van der Waals surface area contributed by atoms with Crippen molar-refractivity contribution in [3.05, 3.63) is 35.5 Å². The molecule has 0 saturated carbocycles. The SMILES string of the molecule is CNC(C)c1nnc(Nc2cc(F)c(F)c(F)c2)o1. The van der Waals surface area contributed by atoms with Crippen LogP contribution >= 0.6 is 0 Å². The largest absolute Gasteiger partial charge is 0.406 e. The lowest BCUT2D eigenvalue weighted by atomic mass is 10.3. The van der Waals surface area contributed by atoms with E-state index in [0.717, 1.165) is 12.1 Å². The highest BCUT2D eigenvalue weighted by atomic mass is 19.2. The third-order valence-electron chi connectivity index (χ3n) is 2.48. The van der Waals surface area contributed by atoms with Crippen LogP contribution in [0.25, 0.3) is 0 Å². The molecule has 102 valence electrons. The van der Waals surface area contributed by atoms with Crippen molar-refractivity contribution in [3.8, 4) is 0 Å². The minimum Gasteiger partial charge on any atom is -0.406 e. The summed E-state index contributed by atoms with van der Waals surface area (Å²) in [4.78, 5) is 0. The molecule has 0 fully saturated rings. The van der Waals surface area contributed by atoms with Gasteiger partial charge in [0.05, 0.1) is 6.04 Å². The van der Waals surface area contributed by atoms with Crippen LogP contribution in [0.3, 0.4) is 0 Å². The minimum atomic E-state index is -1.53. The summed E-state index contributed by atoms with van der Waals surface area (Å²) in [7, 11) is 1.71. The molecule has 0 aliphatic carbocycles. The Bertz CT molecular complexity index is 564. The lowest BCUT2D eigenvalue weighted by Crippen LogP contribution is -2.12. The van der Waals surface area contributed by atoms with Gasteiger partial charge in [-0.3, -0.25) is 0 Å².